The third-order valence-electron chi connectivity index (χ3n) is 4.39. The molecule has 1 aromatic heterocycles. The molecule has 1 saturated heterocycles. The molecule has 2 amide bonds. The third-order valence-corrected chi connectivity index (χ3v) is 4.39. The molecule has 6 heteroatoms. The molecule has 1 fully saturated rings. The van der Waals surface area contributed by atoms with E-state index >= 15 is 0 Å². The van der Waals surface area contributed by atoms with Gasteiger partial charge in [-0.15, -0.1) is 0 Å². The van der Waals surface area contributed by atoms with Crippen molar-refractivity contribution in [2.75, 3.05) is 26.7 Å². The molecular formula is C16H28N4O2. The van der Waals surface area contributed by atoms with Crippen molar-refractivity contribution in [3.05, 3.63) is 18.0 Å². The van der Waals surface area contributed by atoms with Gasteiger partial charge < -0.3 is 15.0 Å². The zero-order valence-electron chi connectivity index (χ0n) is 14.1. The summed E-state index contributed by atoms with van der Waals surface area (Å²) in [5.74, 6) is 0.374. The SMILES string of the molecule is CO[C@@H](CNC(=O)N1CCC[C@H](c2cn[nH]c2)C1)C(C)(C)C. The summed E-state index contributed by atoms with van der Waals surface area (Å²) < 4.78 is 5.49. The molecule has 2 heterocycles. The number of rotatable bonds is 4. The van der Waals surface area contributed by atoms with E-state index in [-0.39, 0.29) is 17.6 Å². The number of carbonyl (C=O) groups is 1. The van der Waals surface area contributed by atoms with Crippen molar-refractivity contribution in [3.63, 3.8) is 0 Å². The zero-order valence-corrected chi connectivity index (χ0v) is 14.1. The Morgan fingerprint density at radius 1 is 1.59 bits per heavy atom. The fourth-order valence-corrected chi connectivity index (χ4v) is 2.95. The second-order valence-corrected chi connectivity index (χ2v) is 7.09. The molecule has 0 spiro atoms. The van der Waals surface area contributed by atoms with Crippen LogP contribution in [0.1, 0.15) is 45.1 Å². The van der Waals surface area contributed by atoms with Crippen LogP contribution in [0.2, 0.25) is 0 Å². The summed E-state index contributed by atoms with van der Waals surface area (Å²) in [6.45, 7) is 8.44. The van der Waals surface area contributed by atoms with Crippen LogP contribution in [0, 0.1) is 5.41 Å². The fraction of sp³-hybridized carbons (Fsp3) is 0.750. The number of piperidine rings is 1. The van der Waals surface area contributed by atoms with Gasteiger partial charge in [0, 0.05) is 38.9 Å². The van der Waals surface area contributed by atoms with E-state index in [0.29, 0.717) is 12.5 Å². The molecule has 2 N–H and O–H groups in total. The number of carbonyl (C=O) groups excluding carboxylic acids is 1. The van der Waals surface area contributed by atoms with Crippen LogP contribution in [0.25, 0.3) is 0 Å². The predicted octanol–water partition coefficient (Wildman–Crippen LogP) is 2.36. The minimum Gasteiger partial charge on any atom is -0.379 e. The summed E-state index contributed by atoms with van der Waals surface area (Å²) in [5, 5.41) is 9.87. The Morgan fingerprint density at radius 3 is 2.95 bits per heavy atom. The van der Waals surface area contributed by atoms with E-state index in [9.17, 15) is 4.79 Å². The largest absolute Gasteiger partial charge is 0.379 e. The standard InChI is InChI=1S/C16H28N4O2/c1-16(2,3)14(22-4)10-17-15(21)20-7-5-6-12(11-20)13-8-18-19-9-13/h8-9,12,14H,5-7,10-11H2,1-4H3,(H,17,21)(H,18,19)/t12-,14-/m0/s1. The van der Waals surface area contributed by atoms with Crippen LogP contribution in [0.15, 0.2) is 12.4 Å². The van der Waals surface area contributed by atoms with E-state index in [2.05, 4.69) is 36.3 Å². The van der Waals surface area contributed by atoms with Crippen molar-refractivity contribution in [2.45, 2.75) is 45.6 Å². The van der Waals surface area contributed by atoms with Crippen LogP contribution in [-0.2, 0) is 4.74 Å². The summed E-state index contributed by atoms with van der Waals surface area (Å²) in [6, 6.07) is -0.000468. The molecule has 22 heavy (non-hydrogen) atoms. The molecule has 0 aliphatic carbocycles. The van der Waals surface area contributed by atoms with Crippen LogP contribution in [0.4, 0.5) is 4.79 Å². The molecule has 2 atom stereocenters. The predicted molar refractivity (Wildman–Crippen MR) is 85.8 cm³/mol. The Balaban J connectivity index is 1.87. The molecule has 0 saturated carbocycles. The van der Waals surface area contributed by atoms with Gasteiger partial charge in [0.25, 0.3) is 0 Å². The summed E-state index contributed by atoms with van der Waals surface area (Å²) in [4.78, 5) is 14.3. The van der Waals surface area contributed by atoms with Crippen molar-refractivity contribution in [1.29, 1.82) is 0 Å². The smallest absolute Gasteiger partial charge is 0.317 e. The Hall–Kier alpha value is -1.56. The van der Waals surface area contributed by atoms with Crippen molar-refractivity contribution >= 4 is 6.03 Å². The van der Waals surface area contributed by atoms with E-state index in [0.717, 1.165) is 25.9 Å². The molecule has 1 aliphatic rings. The number of nitrogens with one attached hydrogen (secondary N) is 2. The van der Waals surface area contributed by atoms with Crippen molar-refractivity contribution in [2.24, 2.45) is 5.41 Å². The minimum atomic E-state index is -0.000468. The van der Waals surface area contributed by atoms with Gasteiger partial charge in [0.05, 0.1) is 12.3 Å². The summed E-state index contributed by atoms with van der Waals surface area (Å²) in [5.41, 5.74) is 1.19. The number of H-pyrrole nitrogens is 1. The van der Waals surface area contributed by atoms with Gasteiger partial charge in [0.2, 0.25) is 0 Å². The second kappa shape index (κ2) is 7.13. The van der Waals surface area contributed by atoms with E-state index < -0.39 is 0 Å². The third kappa shape index (κ3) is 4.22. The average Bonchev–Trinajstić information content (AvgIpc) is 3.00. The number of hydrogen-bond acceptors (Lipinski definition) is 3. The van der Waals surface area contributed by atoms with Gasteiger partial charge in [-0.1, -0.05) is 20.8 Å². The van der Waals surface area contributed by atoms with Crippen LogP contribution in [0.3, 0.4) is 0 Å². The van der Waals surface area contributed by atoms with Gasteiger partial charge in [0.1, 0.15) is 0 Å². The van der Waals surface area contributed by atoms with Crippen LogP contribution in [-0.4, -0.2) is 54.0 Å². The topological polar surface area (TPSA) is 70.2 Å². The Labute approximate surface area is 132 Å². The maximum atomic E-state index is 12.4. The highest BCUT2D eigenvalue weighted by molar-refractivity contribution is 5.74. The molecule has 6 nitrogen and oxygen atoms in total. The van der Waals surface area contributed by atoms with Gasteiger partial charge in [-0.05, 0) is 23.8 Å². The van der Waals surface area contributed by atoms with E-state index in [1.165, 1.54) is 5.56 Å². The lowest BCUT2D eigenvalue weighted by Gasteiger charge is -2.34. The summed E-state index contributed by atoms with van der Waals surface area (Å²) >= 11 is 0. The molecule has 1 aromatic rings. The highest BCUT2D eigenvalue weighted by Crippen LogP contribution is 2.26. The van der Waals surface area contributed by atoms with Gasteiger partial charge in [-0.25, -0.2) is 4.79 Å². The van der Waals surface area contributed by atoms with Crippen LogP contribution >= 0.6 is 0 Å². The maximum absolute atomic E-state index is 12.4. The minimum absolute atomic E-state index is 0.000468. The lowest BCUT2D eigenvalue weighted by atomic mass is 9.89. The number of aromatic nitrogens is 2. The van der Waals surface area contributed by atoms with Gasteiger partial charge in [-0.3, -0.25) is 5.10 Å². The molecule has 2 rings (SSSR count). The number of nitrogens with zero attached hydrogens (tertiary/aromatic N) is 2. The fourth-order valence-electron chi connectivity index (χ4n) is 2.95. The average molecular weight is 308 g/mol. The highest BCUT2D eigenvalue weighted by Gasteiger charge is 2.28. The first kappa shape index (κ1) is 16.8. The summed E-state index contributed by atoms with van der Waals surface area (Å²) in [6.07, 6.45) is 5.91. The summed E-state index contributed by atoms with van der Waals surface area (Å²) in [7, 11) is 1.69. The van der Waals surface area contributed by atoms with Gasteiger partial charge in [0.15, 0.2) is 0 Å². The number of ether oxygens (including phenoxy) is 1. The monoisotopic (exact) mass is 308 g/mol. The zero-order chi connectivity index (χ0) is 16.2. The number of methoxy groups -OCH3 is 1. The van der Waals surface area contributed by atoms with E-state index in [1.54, 1.807) is 7.11 Å². The first-order chi connectivity index (χ1) is 10.4. The molecule has 124 valence electrons. The lowest BCUT2D eigenvalue weighted by Crippen LogP contribution is -2.48. The number of urea groups is 1. The number of aromatic amines is 1. The van der Waals surface area contributed by atoms with E-state index in [1.807, 2.05) is 17.3 Å². The lowest BCUT2D eigenvalue weighted by molar-refractivity contribution is 0.0183. The molecule has 0 aromatic carbocycles. The van der Waals surface area contributed by atoms with Crippen LogP contribution < -0.4 is 5.32 Å². The first-order valence-corrected chi connectivity index (χ1v) is 7.96. The molecule has 1 aliphatic heterocycles. The van der Waals surface area contributed by atoms with Crippen LogP contribution in [0.5, 0.6) is 0 Å². The van der Waals surface area contributed by atoms with E-state index in [4.69, 9.17) is 4.74 Å². The number of hydrogen-bond donors (Lipinski definition) is 2. The molecule has 0 bridgehead atoms. The van der Waals surface area contributed by atoms with Crippen molar-refractivity contribution in [3.8, 4) is 0 Å². The number of likely N-dealkylation sites (tertiary alicyclic amines) is 1. The Kier molecular flexibility index (Phi) is 5.45. The molecular weight excluding hydrogens is 280 g/mol. The van der Waals surface area contributed by atoms with Gasteiger partial charge in [-0.2, -0.15) is 5.10 Å². The highest BCUT2D eigenvalue weighted by atomic mass is 16.5. The second-order valence-electron chi connectivity index (χ2n) is 7.09. The Bertz CT molecular complexity index is 467. The van der Waals surface area contributed by atoms with Crippen molar-refractivity contribution < 1.29 is 9.53 Å². The maximum Gasteiger partial charge on any atom is 0.317 e. The normalized spacial score (nSPS) is 20.7. The Morgan fingerprint density at radius 2 is 2.36 bits per heavy atom. The molecule has 0 unspecified atom stereocenters. The van der Waals surface area contributed by atoms with Crippen molar-refractivity contribution in [1.82, 2.24) is 20.4 Å². The quantitative estimate of drug-likeness (QED) is 0.897. The number of amides is 2. The first-order valence-electron chi connectivity index (χ1n) is 7.96. The molecule has 0 radical (unpaired) electrons. The van der Waals surface area contributed by atoms with Gasteiger partial charge >= 0.3 is 6.03 Å².